The summed E-state index contributed by atoms with van der Waals surface area (Å²) in [6.07, 6.45) is 1.81. The van der Waals surface area contributed by atoms with Crippen molar-refractivity contribution < 1.29 is 43.2 Å². The highest BCUT2D eigenvalue weighted by atomic mass is 32.3. The van der Waals surface area contributed by atoms with Crippen molar-refractivity contribution in [2.24, 2.45) is 0 Å². The standard InChI is InChI=1S/C9H7N.C2HF6NO4S2/c1-2-6-9-8(4-1)5-3-7-10-9;3-1(4,5)14(10,11)9-15(12,13)2(6,7)8/h1-7H;9H. The van der Waals surface area contributed by atoms with Crippen LogP contribution in [0.15, 0.2) is 42.6 Å². The highest BCUT2D eigenvalue weighted by molar-refractivity contribution is 8.05. The van der Waals surface area contributed by atoms with Crippen LogP contribution in [0.25, 0.3) is 10.9 Å². The molecule has 0 saturated heterocycles. The van der Waals surface area contributed by atoms with Gasteiger partial charge in [0.1, 0.15) is 0 Å². The molecule has 0 fully saturated rings. The van der Waals surface area contributed by atoms with E-state index in [0.29, 0.717) is 0 Å². The van der Waals surface area contributed by atoms with Crippen LogP contribution in [0, 0.1) is 0 Å². The highest BCUT2D eigenvalue weighted by Crippen LogP contribution is 2.27. The highest BCUT2D eigenvalue weighted by Gasteiger charge is 2.55. The Morgan fingerprint density at radius 3 is 1.64 bits per heavy atom. The van der Waals surface area contributed by atoms with Gasteiger partial charge in [0.15, 0.2) is 0 Å². The maximum atomic E-state index is 11.5. The summed E-state index contributed by atoms with van der Waals surface area (Å²) >= 11 is 0. The Morgan fingerprint density at radius 1 is 0.760 bits per heavy atom. The van der Waals surface area contributed by atoms with E-state index in [1.165, 1.54) is 5.39 Å². The molecule has 2 rings (SSSR count). The third-order valence-electron chi connectivity index (χ3n) is 2.34. The van der Waals surface area contributed by atoms with Gasteiger partial charge < -0.3 is 0 Å². The average Bonchev–Trinajstić information content (AvgIpc) is 2.44. The fourth-order valence-corrected chi connectivity index (χ4v) is 3.17. The first-order chi connectivity index (χ1) is 11.2. The molecule has 0 amide bonds. The number of rotatable bonds is 2. The molecule has 1 aromatic carbocycles. The summed E-state index contributed by atoms with van der Waals surface area (Å²) in [5.41, 5.74) is -11.2. The average molecular weight is 410 g/mol. The molecule has 140 valence electrons. The van der Waals surface area contributed by atoms with Gasteiger partial charge in [-0.1, -0.05) is 28.4 Å². The fourth-order valence-electron chi connectivity index (χ4n) is 1.25. The molecule has 0 unspecified atom stereocenters. The number of halogens is 6. The van der Waals surface area contributed by atoms with Crippen LogP contribution in [0.2, 0.25) is 0 Å². The van der Waals surface area contributed by atoms with Crippen molar-refractivity contribution in [3.05, 3.63) is 42.6 Å². The van der Waals surface area contributed by atoms with Crippen LogP contribution in [-0.2, 0) is 20.0 Å². The summed E-state index contributed by atoms with van der Waals surface area (Å²) in [5, 5.41) is 1.20. The Kier molecular flexibility index (Phi) is 6.02. The molecule has 0 aliphatic heterocycles. The van der Waals surface area contributed by atoms with Gasteiger partial charge in [-0.05, 0) is 12.1 Å². The van der Waals surface area contributed by atoms with Gasteiger partial charge in [-0.3, -0.25) is 4.98 Å². The summed E-state index contributed by atoms with van der Waals surface area (Å²) < 4.78 is 108. The molecule has 0 spiro atoms. The van der Waals surface area contributed by atoms with Crippen LogP contribution in [0.1, 0.15) is 0 Å². The number of nitrogens with one attached hydrogen (secondary N) is 1. The third-order valence-corrected chi connectivity index (χ3v) is 5.32. The second-order valence-corrected chi connectivity index (χ2v) is 7.78. The van der Waals surface area contributed by atoms with E-state index < -0.39 is 35.2 Å². The molecule has 0 atom stereocenters. The topological polar surface area (TPSA) is 93.2 Å². The molecule has 25 heavy (non-hydrogen) atoms. The van der Waals surface area contributed by atoms with Gasteiger partial charge in [0.05, 0.1) is 5.52 Å². The number of para-hydroxylation sites is 1. The summed E-state index contributed by atoms with van der Waals surface area (Å²) in [7, 11) is -13.2. The van der Waals surface area contributed by atoms with Crippen LogP contribution in [0.5, 0.6) is 0 Å². The van der Waals surface area contributed by atoms with Crippen molar-refractivity contribution in [3.63, 3.8) is 0 Å². The molecule has 6 nitrogen and oxygen atoms in total. The van der Waals surface area contributed by atoms with Crippen LogP contribution >= 0.6 is 0 Å². The van der Waals surface area contributed by atoms with Gasteiger partial charge >= 0.3 is 31.1 Å². The first kappa shape index (κ1) is 21.1. The maximum absolute atomic E-state index is 11.5. The molecule has 0 aliphatic carbocycles. The zero-order chi connectivity index (χ0) is 19.5. The lowest BCUT2D eigenvalue weighted by atomic mass is 10.2. The van der Waals surface area contributed by atoms with Crippen molar-refractivity contribution in [3.8, 4) is 0 Å². The minimum atomic E-state index is -6.60. The van der Waals surface area contributed by atoms with E-state index in [-0.39, 0.29) is 0 Å². The van der Waals surface area contributed by atoms with Crippen molar-refractivity contribution in [1.82, 2.24) is 9.11 Å². The van der Waals surface area contributed by atoms with Gasteiger partial charge in [-0.25, -0.2) is 16.8 Å². The molecule has 1 heterocycles. The Balaban J connectivity index is 0.000000267. The zero-order valence-corrected chi connectivity index (χ0v) is 13.3. The number of benzene rings is 1. The van der Waals surface area contributed by atoms with E-state index in [1.807, 2.05) is 30.5 Å². The van der Waals surface area contributed by atoms with E-state index in [0.717, 1.165) is 5.52 Å². The number of fused-ring (bicyclic) bond motifs is 1. The maximum Gasteiger partial charge on any atom is 0.512 e. The van der Waals surface area contributed by atoms with Crippen LogP contribution in [0.3, 0.4) is 0 Å². The van der Waals surface area contributed by atoms with Gasteiger partial charge in [0, 0.05) is 11.6 Å². The van der Waals surface area contributed by atoms with Crippen molar-refractivity contribution >= 4 is 30.9 Å². The van der Waals surface area contributed by atoms with E-state index in [9.17, 15) is 43.2 Å². The minimum absolute atomic E-state index is 0.493. The zero-order valence-electron chi connectivity index (χ0n) is 11.7. The lowest BCUT2D eigenvalue weighted by Gasteiger charge is -2.11. The van der Waals surface area contributed by atoms with Gasteiger partial charge in [0.2, 0.25) is 0 Å². The van der Waals surface area contributed by atoms with Gasteiger partial charge in [0.25, 0.3) is 0 Å². The van der Waals surface area contributed by atoms with Crippen LogP contribution < -0.4 is 4.13 Å². The van der Waals surface area contributed by atoms with E-state index in [1.54, 1.807) is 0 Å². The molecule has 0 bridgehead atoms. The SMILES string of the molecule is O=S(=O)(NS(=O)(=O)C(F)(F)F)C(F)(F)F.c1ccc2ncccc2c1. The second kappa shape index (κ2) is 7.13. The summed E-state index contributed by atoms with van der Waals surface area (Å²) in [6, 6.07) is 12.1. The van der Waals surface area contributed by atoms with E-state index in [2.05, 4.69) is 17.1 Å². The lowest BCUT2D eigenvalue weighted by molar-refractivity contribution is -0.0476. The van der Waals surface area contributed by atoms with Gasteiger partial charge in [-0.15, -0.1) is 0 Å². The monoisotopic (exact) mass is 410 g/mol. The number of nitrogens with zero attached hydrogens (tertiary/aromatic N) is 1. The summed E-state index contributed by atoms with van der Waals surface area (Å²) in [6.45, 7) is 0. The first-order valence-corrected chi connectivity index (χ1v) is 8.85. The molecular formula is C11H8F6N2O4S2. The smallest absolute Gasteiger partial charge is 0.256 e. The van der Waals surface area contributed by atoms with Crippen molar-refractivity contribution in [1.29, 1.82) is 0 Å². The number of pyridine rings is 1. The normalized spacial score (nSPS) is 13.2. The van der Waals surface area contributed by atoms with Crippen molar-refractivity contribution in [2.75, 3.05) is 0 Å². The largest absolute Gasteiger partial charge is 0.512 e. The Bertz CT molecular complexity index is 831. The third kappa shape index (κ3) is 5.54. The number of alkyl halides is 6. The number of hydrogen-bond acceptors (Lipinski definition) is 5. The first-order valence-electron chi connectivity index (χ1n) is 5.88. The predicted octanol–water partition coefficient (Wildman–Crippen LogP) is 2.51. The predicted molar refractivity (Wildman–Crippen MR) is 74.8 cm³/mol. The summed E-state index contributed by atoms with van der Waals surface area (Å²) in [5.74, 6) is 0. The Morgan fingerprint density at radius 2 is 1.20 bits per heavy atom. The summed E-state index contributed by atoms with van der Waals surface area (Å²) in [4.78, 5) is 4.18. The van der Waals surface area contributed by atoms with Crippen molar-refractivity contribution in [2.45, 2.75) is 11.0 Å². The van der Waals surface area contributed by atoms with Gasteiger partial charge in [-0.2, -0.15) is 26.3 Å². The molecule has 0 aliphatic rings. The lowest BCUT2D eigenvalue weighted by Crippen LogP contribution is -2.45. The molecule has 1 N–H and O–H groups in total. The fraction of sp³-hybridized carbons (Fsp3) is 0.182. The quantitative estimate of drug-likeness (QED) is 0.768. The Hall–Kier alpha value is -1.93. The minimum Gasteiger partial charge on any atom is -0.256 e. The van der Waals surface area contributed by atoms with Crippen LogP contribution in [-0.4, -0.2) is 32.8 Å². The molecule has 0 radical (unpaired) electrons. The molecule has 0 saturated carbocycles. The number of aromatic nitrogens is 1. The van der Waals surface area contributed by atoms with Crippen LogP contribution in [0.4, 0.5) is 26.3 Å². The molecule has 2 aromatic rings. The molecule has 14 heteroatoms. The second-order valence-electron chi connectivity index (χ2n) is 4.18. The number of sulfonamides is 2. The molecular weight excluding hydrogens is 402 g/mol. The Labute approximate surface area is 137 Å². The number of hydrogen-bond donors (Lipinski definition) is 1. The molecule has 1 aromatic heterocycles. The van der Waals surface area contributed by atoms with E-state index >= 15 is 0 Å². The van der Waals surface area contributed by atoms with E-state index in [4.69, 9.17) is 0 Å².